The zero-order valence-corrected chi connectivity index (χ0v) is 41.0. The molecule has 1 aliphatic heterocycles. The van der Waals surface area contributed by atoms with Crippen molar-refractivity contribution >= 4 is 16.4 Å². The van der Waals surface area contributed by atoms with Gasteiger partial charge < -0.3 is 34.3 Å². The lowest BCUT2D eigenvalue weighted by atomic mass is 9.99. The van der Waals surface area contributed by atoms with Gasteiger partial charge in [-0.1, -0.05) is 206 Å². The van der Waals surface area contributed by atoms with E-state index in [2.05, 4.69) is 30.2 Å². The van der Waals surface area contributed by atoms with E-state index in [1.54, 1.807) is 0 Å². The topological polar surface area (TPSA) is 178 Å². The second kappa shape index (κ2) is 42.2. The molecule has 0 amide bonds. The van der Waals surface area contributed by atoms with Crippen LogP contribution in [0, 0.1) is 0 Å². The van der Waals surface area contributed by atoms with Crippen molar-refractivity contribution in [1.29, 1.82) is 0 Å². The largest absolute Gasteiger partial charge is 0.457 e. The Morgan fingerprint density at radius 2 is 1.00 bits per heavy atom. The Hall–Kier alpha value is -1.16. The number of carbonyl (C=O) groups excluding carboxylic acids is 1. The first-order valence-electron chi connectivity index (χ1n) is 25.9. The van der Waals surface area contributed by atoms with E-state index in [0.717, 1.165) is 38.5 Å². The van der Waals surface area contributed by atoms with Crippen LogP contribution in [0.4, 0.5) is 0 Å². The fraction of sp³-hybridized carbons (Fsp3) is 0.940. The molecule has 0 aromatic carbocycles. The predicted molar refractivity (Wildman–Crippen MR) is 253 cm³/mol. The lowest BCUT2D eigenvalue weighted by Crippen LogP contribution is -2.60. The number of ether oxygens (including phenoxy) is 4. The average Bonchev–Trinajstić information content (AvgIpc) is 3.26. The number of allylic oxidation sites excluding steroid dienone is 2. The molecule has 0 aromatic heterocycles. The molecule has 1 heterocycles. The second-order valence-corrected chi connectivity index (χ2v) is 19.2. The van der Waals surface area contributed by atoms with Gasteiger partial charge in [0.15, 0.2) is 6.29 Å². The zero-order chi connectivity index (χ0) is 46.1. The Labute approximate surface area is 385 Å². The first-order chi connectivity index (χ1) is 30.6. The van der Waals surface area contributed by atoms with Crippen LogP contribution >= 0.6 is 0 Å². The van der Waals surface area contributed by atoms with Gasteiger partial charge in [-0.25, -0.2) is 4.18 Å². The van der Waals surface area contributed by atoms with Crippen LogP contribution in [0.25, 0.3) is 0 Å². The summed E-state index contributed by atoms with van der Waals surface area (Å²) >= 11 is 0. The number of hydrogen-bond acceptors (Lipinski definition) is 11. The molecule has 13 heteroatoms. The van der Waals surface area contributed by atoms with Crippen LogP contribution in [-0.4, -0.2) is 97.5 Å². The summed E-state index contributed by atoms with van der Waals surface area (Å²) in [4.78, 5) is 12.9. The van der Waals surface area contributed by atoms with Crippen LogP contribution in [0.15, 0.2) is 12.2 Å². The van der Waals surface area contributed by atoms with Crippen molar-refractivity contribution in [1.82, 2.24) is 0 Å². The van der Waals surface area contributed by atoms with Gasteiger partial charge in [-0.3, -0.25) is 9.35 Å². The molecule has 0 saturated carbocycles. The molecular weight excluding hydrogens is 825 g/mol. The van der Waals surface area contributed by atoms with Crippen LogP contribution in [0.2, 0.25) is 0 Å². The molecule has 6 atom stereocenters. The summed E-state index contributed by atoms with van der Waals surface area (Å²) < 4.78 is 59.3. The minimum Gasteiger partial charge on any atom is -0.457 e. The fourth-order valence-corrected chi connectivity index (χ4v) is 8.71. The summed E-state index contributed by atoms with van der Waals surface area (Å²) in [5, 5.41) is 30.7. The summed E-state index contributed by atoms with van der Waals surface area (Å²) in [5.41, 5.74) is 0. The standard InChI is InChI=1S/C50H96O12S/c1-3-5-7-9-11-13-15-17-19-21-22-23-25-27-29-31-33-35-37-39-46(52)60-44(43-59-50-48(54)49(62-63(55,56)57)47(53)45(41-51)61-50)42-58-40-38-36-34-32-30-28-26-24-20-18-16-14-12-10-8-6-4-2/h17,19,44-45,47-51,53-54H,3-16,18,20-43H2,1-2H3,(H,55,56,57)/b19-17-. The maximum atomic E-state index is 12.9. The molecule has 0 radical (unpaired) electrons. The number of carbonyl (C=O) groups is 1. The summed E-state index contributed by atoms with van der Waals surface area (Å²) in [6.45, 7) is 4.04. The Morgan fingerprint density at radius 1 is 0.587 bits per heavy atom. The molecule has 1 rings (SSSR count). The van der Waals surface area contributed by atoms with Gasteiger partial charge in [0.2, 0.25) is 0 Å². The van der Waals surface area contributed by atoms with Crippen molar-refractivity contribution in [2.24, 2.45) is 0 Å². The van der Waals surface area contributed by atoms with Gasteiger partial charge in [-0.05, 0) is 38.5 Å². The van der Waals surface area contributed by atoms with Crippen LogP contribution < -0.4 is 0 Å². The normalized spacial score (nSPS) is 19.9. The SMILES string of the molecule is CCCCCCCC/C=C\CCCCCCCCCCCC(=O)OC(COCCCCCCCCCCCCCCCCCCC)COC1OC(CO)C(O)C(OS(=O)(=O)O)C1O. The molecule has 0 aromatic rings. The molecular formula is C50H96O12S. The van der Waals surface area contributed by atoms with E-state index in [0.29, 0.717) is 13.0 Å². The van der Waals surface area contributed by atoms with Crippen LogP contribution in [0.1, 0.15) is 239 Å². The summed E-state index contributed by atoms with van der Waals surface area (Å²) in [7, 11) is -5.06. The molecule has 0 aliphatic carbocycles. The van der Waals surface area contributed by atoms with Crippen molar-refractivity contribution in [3.63, 3.8) is 0 Å². The zero-order valence-electron chi connectivity index (χ0n) is 40.2. The van der Waals surface area contributed by atoms with Gasteiger partial charge in [0.1, 0.15) is 30.5 Å². The van der Waals surface area contributed by atoms with Crippen molar-refractivity contribution in [3.8, 4) is 0 Å². The quantitative estimate of drug-likeness (QED) is 0.0197. The van der Waals surface area contributed by atoms with Crippen LogP contribution in [0.5, 0.6) is 0 Å². The van der Waals surface area contributed by atoms with Crippen molar-refractivity contribution < 1.29 is 56.2 Å². The first-order valence-corrected chi connectivity index (χ1v) is 27.3. The molecule has 0 spiro atoms. The van der Waals surface area contributed by atoms with Crippen molar-refractivity contribution in [2.75, 3.05) is 26.4 Å². The Kier molecular flexibility index (Phi) is 40.1. The number of rotatable bonds is 46. The number of esters is 1. The molecule has 1 aliphatic rings. The minimum absolute atomic E-state index is 0.0416. The summed E-state index contributed by atoms with van der Waals surface area (Å²) in [6, 6.07) is 0. The lowest BCUT2D eigenvalue weighted by molar-refractivity contribution is -0.301. The highest BCUT2D eigenvalue weighted by molar-refractivity contribution is 7.80. The summed E-state index contributed by atoms with van der Waals surface area (Å²) in [6.07, 6.45) is 38.1. The van der Waals surface area contributed by atoms with Gasteiger partial charge in [0.05, 0.1) is 19.8 Å². The molecule has 63 heavy (non-hydrogen) atoms. The third-order valence-electron chi connectivity index (χ3n) is 12.1. The van der Waals surface area contributed by atoms with Gasteiger partial charge in [-0.2, -0.15) is 8.42 Å². The Balaban J connectivity index is 2.35. The van der Waals surface area contributed by atoms with E-state index in [1.165, 1.54) is 173 Å². The third kappa shape index (κ3) is 35.7. The predicted octanol–water partition coefficient (Wildman–Crippen LogP) is 11.8. The molecule has 6 unspecified atom stereocenters. The van der Waals surface area contributed by atoms with Crippen LogP contribution in [0.3, 0.4) is 0 Å². The molecule has 1 fully saturated rings. The van der Waals surface area contributed by atoms with E-state index in [4.69, 9.17) is 18.9 Å². The number of unbranched alkanes of at least 4 members (excludes halogenated alkanes) is 31. The highest BCUT2D eigenvalue weighted by atomic mass is 32.3. The minimum atomic E-state index is -5.06. The first kappa shape index (κ1) is 59.9. The number of aliphatic hydroxyl groups excluding tert-OH is 3. The molecule has 0 bridgehead atoms. The monoisotopic (exact) mass is 921 g/mol. The second-order valence-electron chi connectivity index (χ2n) is 18.1. The molecule has 1 saturated heterocycles. The molecule has 4 N–H and O–H groups in total. The highest BCUT2D eigenvalue weighted by Crippen LogP contribution is 2.26. The Morgan fingerprint density at radius 3 is 1.43 bits per heavy atom. The molecule has 374 valence electrons. The highest BCUT2D eigenvalue weighted by Gasteiger charge is 2.48. The number of hydrogen-bond donors (Lipinski definition) is 4. The number of aliphatic hydroxyl groups is 3. The van der Waals surface area contributed by atoms with Crippen LogP contribution in [-0.2, 0) is 38.3 Å². The van der Waals surface area contributed by atoms with Crippen molar-refractivity contribution in [2.45, 2.75) is 275 Å². The fourth-order valence-electron chi connectivity index (χ4n) is 8.20. The third-order valence-corrected chi connectivity index (χ3v) is 12.6. The summed E-state index contributed by atoms with van der Waals surface area (Å²) in [5.74, 6) is -0.396. The van der Waals surface area contributed by atoms with Gasteiger partial charge in [0.25, 0.3) is 0 Å². The lowest BCUT2D eigenvalue weighted by Gasteiger charge is -2.41. The van der Waals surface area contributed by atoms with E-state index in [-0.39, 0.29) is 19.6 Å². The van der Waals surface area contributed by atoms with E-state index in [9.17, 15) is 33.1 Å². The maximum Gasteiger partial charge on any atom is 0.397 e. The average molecular weight is 921 g/mol. The Bertz CT molecular complexity index is 1150. The van der Waals surface area contributed by atoms with E-state index in [1.807, 2.05) is 0 Å². The smallest absolute Gasteiger partial charge is 0.397 e. The van der Waals surface area contributed by atoms with Gasteiger partial charge >= 0.3 is 16.4 Å². The molecule has 12 nitrogen and oxygen atoms in total. The van der Waals surface area contributed by atoms with E-state index < -0.39 is 59.8 Å². The van der Waals surface area contributed by atoms with E-state index >= 15 is 0 Å². The van der Waals surface area contributed by atoms with Crippen molar-refractivity contribution in [3.05, 3.63) is 12.2 Å². The van der Waals surface area contributed by atoms with Gasteiger partial charge in [-0.15, -0.1) is 0 Å². The van der Waals surface area contributed by atoms with Gasteiger partial charge in [0, 0.05) is 13.0 Å². The maximum absolute atomic E-state index is 12.9.